The number of hydrogen-bond acceptors (Lipinski definition) is 1. The highest BCUT2D eigenvalue weighted by Crippen LogP contribution is 2.36. The van der Waals surface area contributed by atoms with Crippen molar-refractivity contribution in [2.45, 2.75) is 6.18 Å². The van der Waals surface area contributed by atoms with Crippen molar-refractivity contribution in [3.63, 3.8) is 0 Å². The molecule has 2 rings (SSSR count). The Morgan fingerprint density at radius 2 is 2.00 bits per heavy atom. The van der Waals surface area contributed by atoms with Gasteiger partial charge in [0, 0.05) is 4.70 Å². The standard InChI is InChI=1S/C9H4F3S/c10-9(11,12)7-3-1-2-6-4-5-13-8(6)7/h2-5H. The molecule has 1 aromatic heterocycles. The van der Waals surface area contributed by atoms with E-state index in [1.165, 1.54) is 0 Å². The third kappa shape index (κ3) is 1.42. The van der Waals surface area contributed by atoms with Crippen LogP contribution in [0.5, 0.6) is 0 Å². The van der Waals surface area contributed by atoms with Crippen molar-refractivity contribution in [1.82, 2.24) is 0 Å². The minimum Gasteiger partial charge on any atom is -0.166 e. The summed E-state index contributed by atoms with van der Waals surface area (Å²) in [5.41, 5.74) is -0.597. The van der Waals surface area contributed by atoms with E-state index in [-0.39, 0.29) is 4.70 Å². The molecule has 0 bridgehead atoms. The second-order valence-corrected chi connectivity index (χ2v) is 3.49. The van der Waals surface area contributed by atoms with E-state index in [0.29, 0.717) is 5.39 Å². The molecule has 1 aromatic carbocycles. The summed E-state index contributed by atoms with van der Waals surface area (Å²) in [5.74, 6) is 0. The molecular formula is C9H4F3S. The predicted octanol–water partition coefficient (Wildman–Crippen LogP) is 3.72. The van der Waals surface area contributed by atoms with Crippen molar-refractivity contribution in [3.05, 3.63) is 35.2 Å². The zero-order valence-corrected chi connectivity index (χ0v) is 7.17. The van der Waals surface area contributed by atoms with Crippen molar-refractivity contribution >= 4 is 21.4 Å². The number of fused-ring (bicyclic) bond motifs is 1. The van der Waals surface area contributed by atoms with Crippen LogP contribution in [0.15, 0.2) is 23.6 Å². The van der Waals surface area contributed by atoms with E-state index in [1.807, 2.05) is 0 Å². The van der Waals surface area contributed by atoms with E-state index in [4.69, 9.17) is 0 Å². The zero-order valence-electron chi connectivity index (χ0n) is 6.35. The molecule has 0 nitrogen and oxygen atoms in total. The van der Waals surface area contributed by atoms with Gasteiger partial charge in [-0.15, -0.1) is 11.3 Å². The molecule has 0 saturated carbocycles. The number of hydrogen-bond donors (Lipinski definition) is 0. The second-order valence-electron chi connectivity index (χ2n) is 2.57. The fourth-order valence-corrected chi connectivity index (χ4v) is 2.06. The predicted molar refractivity (Wildman–Crippen MR) is 45.7 cm³/mol. The van der Waals surface area contributed by atoms with Crippen LogP contribution in [0.2, 0.25) is 0 Å². The SMILES string of the molecule is FC(F)(F)c1c[c]cc2ccsc12. The fraction of sp³-hybridized carbons (Fsp3) is 0.111. The second kappa shape index (κ2) is 2.73. The molecule has 1 heterocycles. The third-order valence-corrected chi connectivity index (χ3v) is 2.68. The molecule has 2 aromatic rings. The molecule has 0 unspecified atom stereocenters. The molecule has 0 N–H and O–H groups in total. The molecule has 0 amide bonds. The Morgan fingerprint density at radius 3 is 2.69 bits per heavy atom. The van der Waals surface area contributed by atoms with Gasteiger partial charge in [0.1, 0.15) is 0 Å². The van der Waals surface area contributed by atoms with Crippen molar-refractivity contribution in [2.75, 3.05) is 0 Å². The molecule has 1 radical (unpaired) electrons. The van der Waals surface area contributed by atoms with Crippen LogP contribution in [0.3, 0.4) is 0 Å². The fourth-order valence-electron chi connectivity index (χ4n) is 1.14. The van der Waals surface area contributed by atoms with E-state index in [0.717, 1.165) is 17.4 Å². The Balaban J connectivity index is 2.75. The summed E-state index contributed by atoms with van der Waals surface area (Å²) in [6.45, 7) is 0. The molecule has 67 valence electrons. The van der Waals surface area contributed by atoms with E-state index in [1.54, 1.807) is 17.5 Å². The number of alkyl halides is 3. The van der Waals surface area contributed by atoms with Crippen molar-refractivity contribution < 1.29 is 13.2 Å². The normalized spacial score (nSPS) is 12.2. The molecule has 4 heteroatoms. The molecule has 0 fully saturated rings. The highest BCUT2D eigenvalue weighted by molar-refractivity contribution is 7.17. The number of rotatable bonds is 0. The highest BCUT2D eigenvalue weighted by atomic mass is 32.1. The van der Waals surface area contributed by atoms with Gasteiger partial charge in [0.05, 0.1) is 5.56 Å². The minimum absolute atomic E-state index is 0.284. The Morgan fingerprint density at radius 1 is 1.23 bits per heavy atom. The zero-order chi connectivity index (χ0) is 9.47. The number of halogens is 3. The molecule has 0 saturated heterocycles. The summed E-state index contributed by atoms with van der Waals surface area (Å²) < 4.78 is 37.4. The van der Waals surface area contributed by atoms with Gasteiger partial charge in [0.2, 0.25) is 0 Å². The van der Waals surface area contributed by atoms with Gasteiger partial charge in [0.25, 0.3) is 0 Å². The summed E-state index contributed by atoms with van der Waals surface area (Å²) in [7, 11) is 0. The number of thiophene rings is 1. The maximum absolute atomic E-state index is 12.4. The molecule has 0 aliphatic heterocycles. The van der Waals surface area contributed by atoms with Crippen LogP contribution in [0, 0.1) is 6.07 Å². The lowest BCUT2D eigenvalue weighted by Gasteiger charge is -2.06. The quantitative estimate of drug-likeness (QED) is 0.609. The van der Waals surface area contributed by atoms with E-state index >= 15 is 0 Å². The summed E-state index contributed by atoms with van der Waals surface area (Å²) >= 11 is 1.10. The first kappa shape index (κ1) is 8.56. The van der Waals surface area contributed by atoms with Gasteiger partial charge in [-0.1, -0.05) is 0 Å². The lowest BCUT2D eigenvalue weighted by atomic mass is 10.1. The van der Waals surface area contributed by atoms with Crippen molar-refractivity contribution in [2.24, 2.45) is 0 Å². The maximum Gasteiger partial charge on any atom is 0.417 e. The van der Waals surface area contributed by atoms with Gasteiger partial charge in [-0.25, -0.2) is 0 Å². The van der Waals surface area contributed by atoms with Gasteiger partial charge in [-0.05, 0) is 35.0 Å². The summed E-state index contributed by atoms with van der Waals surface area (Å²) in [6.07, 6.45) is -4.28. The lowest BCUT2D eigenvalue weighted by molar-refractivity contribution is -0.136. The Bertz CT molecular complexity index is 428. The van der Waals surface area contributed by atoms with Gasteiger partial charge in [0.15, 0.2) is 0 Å². The monoisotopic (exact) mass is 201 g/mol. The van der Waals surface area contributed by atoms with E-state index in [2.05, 4.69) is 6.07 Å². The molecule has 0 atom stereocenters. The van der Waals surface area contributed by atoms with E-state index < -0.39 is 11.7 Å². The van der Waals surface area contributed by atoms with Crippen molar-refractivity contribution in [1.29, 1.82) is 0 Å². The van der Waals surface area contributed by atoms with Crippen LogP contribution >= 0.6 is 11.3 Å². The molecular weight excluding hydrogens is 197 g/mol. The largest absolute Gasteiger partial charge is 0.417 e. The molecule has 0 aliphatic carbocycles. The average molecular weight is 201 g/mol. The summed E-state index contributed by atoms with van der Waals surface area (Å²) in [6, 6.07) is 6.68. The molecule has 0 aliphatic rings. The van der Waals surface area contributed by atoms with Gasteiger partial charge in [-0.2, -0.15) is 13.2 Å². The lowest BCUT2D eigenvalue weighted by Crippen LogP contribution is -2.04. The van der Waals surface area contributed by atoms with E-state index in [9.17, 15) is 13.2 Å². The summed E-state index contributed by atoms with van der Waals surface area (Å²) in [5, 5.41) is 2.24. The van der Waals surface area contributed by atoms with Gasteiger partial charge >= 0.3 is 6.18 Å². The average Bonchev–Trinajstić information content (AvgIpc) is 2.48. The highest BCUT2D eigenvalue weighted by Gasteiger charge is 2.32. The number of benzene rings is 1. The minimum atomic E-state index is -4.28. The Labute approximate surface area is 76.6 Å². The first-order valence-corrected chi connectivity index (χ1v) is 4.41. The van der Waals surface area contributed by atoms with Crippen LogP contribution < -0.4 is 0 Å². The smallest absolute Gasteiger partial charge is 0.166 e. The van der Waals surface area contributed by atoms with Crippen LogP contribution in [0.1, 0.15) is 5.56 Å². The van der Waals surface area contributed by atoms with Crippen LogP contribution in [-0.4, -0.2) is 0 Å². The Kier molecular flexibility index (Phi) is 1.80. The van der Waals surface area contributed by atoms with Crippen LogP contribution in [0.25, 0.3) is 10.1 Å². The van der Waals surface area contributed by atoms with Crippen LogP contribution in [0.4, 0.5) is 13.2 Å². The third-order valence-electron chi connectivity index (χ3n) is 1.71. The topological polar surface area (TPSA) is 0 Å². The Hall–Kier alpha value is -1.03. The van der Waals surface area contributed by atoms with Crippen molar-refractivity contribution in [3.8, 4) is 0 Å². The van der Waals surface area contributed by atoms with Gasteiger partial charge in [-0.3, -0.25) is 0 Å². The first-order valence-electron chi connectivity index (χ1n) is 3.53. The summed E-state index contributed by atoms with van der Waals surface area (Å²) in [4.78, 5) is 0. The molecule has 0 spiro atoms. The van der Waals surface area contributed by atoms with Gasteiger partial charge < -0.3 is 0 Å². The first-order chi connectivity index (χ1) is 6.09. The molecule has 13 heavy (non-hydrogen) atoms. The van der Waals surface area contributed by atoms with Crippen LogP contribution in [-0.2, 0) is 6.18 Å². The maximum atomic E-state index is 12.4.